The molecule has 3 rings (SSSR count). The highest BCUT2D eigenvalue weighted by Crippen LogP contribution is 2.46. The van der Waals surface area contributed by atoms with E-state index in [1.54, 1.807) is 7.11 Å². The monoisotopic (exact) mass is 322 g/mol. The van der Waals surface area contributed by atoms with Crippen molar-refractivity contribution in [3.63, 3.8) is 0 Å². The van der Waals surface area contributed by atoms with Crippen molar-refractivity contribution in [2.24, 2.45) is 0 Å². The minimum Gasteiger partial charge on any atom is -0.493 e. The zero-order valence-electron chi connectivity index (χ0n) is 12.8. The number of aliphatic carboxylic acids is 1. The van der Waals surface area contributed by atoms with Crippen LogP contribution in [0.3, 0.4) is 0 Å². The van der Waals surface area contributed by atoms with Gasteiger partial charge in [-0.25, -0.2) is 0 Å². The molecule has 0 amide bonds. The minimum absolute atomic E-state index is 0.218. The van der Waals surface area contributed by atoms with E-state index in [2.05, 4.69) is 0 Å². The fourth-order valence-corrected chi connectivity index (χ4v) is 4.24. The number of benzene rings is 1. The predicted molar refractivity (Wildman–Crippen MR) is 87.1 cm³/mol. The van der Waals surface area contributed by atoms with Crippen LogP contribution in [0.15, 0.2) is 18.2 Å². The standard InChI is InChI=1S/C17H22O4S/c1-20-15-10-12(17(16(18)19)7-3-8-17)5-6-14(15)21-13-4-2-9-22-11-13/h5-6,10,13H,2-4,7-9,11H2,1H3,(H,18,19). The van der Waals surface area contributed by atoms with Crippen LogP contribution in [-0.4, -0.2) is 35.8 Å². The third-order valence-corrected chi connectivity index (χ3v) is 5.93. The minimum atomic E-state index is -0.738. The van der Waals surface area contributed by atoms with E-state index in [4.69, 9.17) is 9.47 Å². The Hall–Kier alpha value is -1.36. The second-order valence-electron chi connectivity index (χ2n) is 6.06. The number of carbonyl (C=O) groups is 1. The van der Waals surface area contributed by atoms with Gasteiger partial charge in [-0.3, -0.25) is 4.79 Å². The van der Waals surface area contributed by atoms with E-state index < -0.39 is 11.4 Å². The molecular weight excluding hydrogens is 300 g/mol. The van der Waals surface area contributed by atoms with Gasteiger partial charge < -0.3 is 14.6 Å². The zero-order valence-corrected chi connectivity index (χ0v) is 13.7. The van der Waals surface area contributed by atoms with Gasteiger partial charge in [-0.1, -0.05) is 12.5 Å². The highest BCUT2D eigenvalue weighted by atomic mass is 32.2. The third kappa shape index (κ3) is 2.78. The molecule has 2 fully saturated rings. The Morgan fingerprint density at radius 2 is 2.14 bits per heavy atom. The van der Waals surface area contributed by atoms with Gasteiger partial charge in [-0.15, -0.1) is 0 Å². The molecule has 1 aromatic rings. The SMILES string of the molecule is COc1cc(C2(C(=O)O)CCC2)ccc1OC1CCCSC1. The molecule has 0 aromatic heterocycles. The van der Waals surface area contributed by atoms with Gasteiger partial charge in [0.15, 0.2) is 11.5 Å². The molecule has 1 aliphatic carbocycles. The van der Waals surface area contributed by atoms with Crippen molar-refractivity contribution in [2.75, 3.05) is 18.6 Å². The van der Waals surface area contributed by atoms with Crippen molar-refractivity contribution < 1.29 is 19.4 Å². The van der Waals surface area contributed by atoms with Crippen molar-refractivity contribution in [3.8, 4) is 11.5 Å². The smallest absolute Gasteiger partial charge is 0.314 e. The Bertz CT molecular complexity index is 548. The van der Waals surface area contributed by atoms with E-state index in [1.165, 1.54) is 12.2 Å². The van der Waals surface area contributed by atoms with Gasteiger partial charge in [-0.05, 0) is 49.1 Å². The molecule has 2 aliphatic rings. The topological polar surface area (TPSA) is 55.8 Å². The van der Waals surface area contributed by atoms with Gasteiger partial charge in [0.2, 0.25) is 0 Å². The highest BCUT2D eigenvalue weighted by molar-refractivity contribution is 7.99. The Labute approximate surface area is 135 Å². The van der Waals surface area contributed by atoms with E-state index >= 15 is 0 Å². The first kappa shape index (κ1) is 15.5. The molecule has 1 heterocycles. The van der Waals surface area contributed by atoms with Crippen LogP contribution >= 0.6 is 11.8 Å². The van der Waals surface area contributed by atoms with E-state index in [0.717, 1.165) is 29.9 Å². The maximum Gasteiger partial charge on any atom is 0.314 e. The largest absolute Gasteiger partial charge is 0.493 e. The average molecular weight is 322 g/mol. The molecule has 1 N–H and O–H groups in total. The van der Waals surface area contributed by atoms with Crippen molar-refractivity contribution in [3.05, 3.63) is 23.8 Å². The molecule has 1 saturated heterocycles. The lowest BCUT2D eigenvalue weighted by molar-refractivity contribution is -0.147. The summed E-state index contributed by atoms with van der Waals surface area (Å²) in [5.74, 6) is 2.83. The van der Waals surface area contributed by atoms with Crippen molar-refractivity contribution in [1.29, 1.82) is 0 Å². The molecule has 1 atom stereocenters. The molecule has 0 radical (unpaired) electrons. The summed E-state index contributed by atoms with van der Waals surface area (Å²) in [6.07, 6.45) is 4.83. The van der Waals surface area contributed by atoms with Crippen LogP contribution in [0.5, 0.6) is 11.5 Å². The first-order chi connectivity index (χ1) is 10.7. The zero-order chi connectivity index (χ0) is 15.6. The lowest BCUT2D eigenvalue weighted by Crippen LogP contribution is -2.42. The third-order valence-electron chi connectivity index (χ3n) is 4.74. The van der Waals surface area contributed by atoms with Crippen LogP contribution in [0.4, 0.5) is 0 Å². The van der Waals surface area contributed by atoms with Crippen molar-refractivity contribution >= 4 is 17.7 Å². The second-order valence-corrected chi connectivity index (χ2v) is 7.21. The molecule has 4 nitrogen and oxygen atoms in total. The molecule has 1 aliphatic heterocycles. The molecule has 5 heteroatoms. The quantitative estimate of drug-likeness (QED) is 0.899. The van der Waals surface area contributed by atoms with Gasteiger partial charge in [0, 0.05) is 5.75 Å². The molecule has 1 unspecified atom stereocenters. The predicted octanol–water partition coefficient (Wildman–Crippen LogP) is 3.48. The average Bonchev–Trinajstić information content (AvgIpc) is 2.48. The molecule has 22 heavy (non-hydrogen) atoms. The van der Waals surface area contributed by atoms with Crippen LogP contribution in [0, 0.1) is 0 Å². The van der Waals surface area contributed by atoms with Gasteiger partial charge in [0.25, 0.3) is 0 Å². The number of ether oxygens (including phenoxy) is 2. The fraction of sp³-hybridized carbons (Fsp3) is 0.588. The number of rotatable bonds is 5. The number of carboxylic acid groups (broad SMARTS) is 1. The second kappa shape index (κ2) is 6.41. The van der Waals surface area contributed by atoms with Gasteiger partial charge in [-0.2, -0.15) is 11.8 Å². The van der Waals surface area contributed by atoms with E-state index in [-0.39, 0.29) is 6.10 Å². The summed E-state index contributed by atoms with van der Waals surface area (Å²) in [5.41, 5.74) is 0.0976. The number of thioether (sulfide) groups is 1. The Balaban J connectivity index is 1.82. The Morgan fingerprint density at radius 1 is 1.32 bits per heavy atom. The number of hydrogen-bond donors (Lipinski definition) is 1. The number of methoxy groups -OCH3 is 1. The maximum absolute atomic E-state index is 11.6. The van der Waals surface area contributed by atoms with E-state index in [9.17, 15) is 9.90 Å². The summed E-state index contributed by atoms with van der Waals surface area (Å²) in [6.45, 7) is 0. The normalized spacial score (nSPS) is 23.4. The molecule has 1 aromatic carbocycles. The number of hydrogen-bond acceptors (Lipinski definition) is 4. The van der Waals surface area contributed by atoms with E-state index in [1.807, 2.05) is 30.0 Å². The van der Waals surface area contributed by atoms with Crippen LogP contribution in [0.2, 0.25) is 0 Å². The lowest BCUT2D eigenvalue weighted by atomic mass is 9.64. The van der Waals surface area contributed by atoms with Gasteiger partial charge in [0.05, 0.1) is 12.5 Å². The molecular formula is C17H22O4S. The van der Waals surface area contributed by atoms with E-state index in [0.29, 0.717) is 18.6 Å². The van der Waals surface area contributed by atoms with Crippen molar-refractivity contribution in [1.82, 2.24) is 0 Å². The summed E-state index contributed by atoms with van der Waals surface area (Å²) in [6, 6.07) is 5.61. The summed E-state index contributed by atoms with van der Waals surface area (Å²) in [4.78, 5) is 11.6. The lowest BCUT2D eigenvalue weighted by Gasteiger charge is -2.38. The Kier molecular flexibility index (Phi) is 4.52. The first-order valence-electron chi connectivity index (χ1n) is 7.82. The summed E-state index contributed by atoms with van der Waals surface area (Å²) in [5, 5.41) is 9.56. The van der Waals surface area contributed by atoms with Crippen LogP contribution in [0.25, 0.3) is 0 Å². The van der Waals surface area contributed by atoms with Crippen LogP contribution in [-0.2, 0) is 10.2 Å². The Morgan fingerprint density at radius 3 is 2.68 bits per heavy atom. The summed E-state index contributed by atoms with van der Waals surface area (Å²) >= 11 is 1.92. The maximum atomic E-state index is 11.6. The van der Waals surface area contributed by atoms with Gasteiger partial charge >= 0.3 is 5.97 Å². The van der Waals surface area contributed by atoms with Crippen LogP contribution < -0.4 is 9.47 Å². The molecule has 1 saturated carbocycles. The fourth-order valence-electron chi connectivity index (χ4n) is 3.20. The van der Waals surface area contributed by atoms with Gasteiger partial charge in [0.1, 0.15) is 6.10 Å². The highest BCUT2D eigenvalue weighted by Gasteiger charge is 2.46. The first-order valence-corrected chi connectivity index (χ1v) is 8.97. The summed E-state index contributed by atoms with van der Waals surface area (Å²) in [7, 11) is 1.61. The summed E-state index contributed by atoms with van der Waals surface area (Å²) < 4.78 is 11.5. The number of carboxylic acids is 1. The molecule has 0 bridgehead atoms. The van der Waals surface area contributed by atoms with Crippen molar-refractivity contribution in [2.45, 2.75) is 43.6 Å². The molecule has 0 spiro atoms. The molecule has 120 valence electrons. The van der Waals surface area contributed by atoms with Crippen LogP contribution in [0.1, 0.15) is 37.7 Å².